The Labute approximate surface area is 122 Å². The molecule has 1 rings (SSSR count). The molecule has 112 valence electrons. The fourth-order valence-corrected chi connectivity index (χ4v) is 2.43. The summed E-state index contributed by atoms with van der Waals surface area (Å²) in [7, 11) is 2.05. The molecular weight excluding hydrogens is 250 g/mol. The van der Waals surface area contributed by atoms with Crippen molar-refractivity contribution < 1.29 is 4.79 Å². The lowest BCUT2D eigenvalue weighted by Crippen LogP contribution is -2.54. The predicted molar refractivity (Wildman–Crippen MR) is 85.1 cm³/mol. The van der Waals surface area contributed by atoms with Crippen LogP contribution in [0.1, 0.15) is 31.4 Å². The molecule has 1 amide bonds. The molecule has 0 aromatic heterocycles. The van der Waals surface area contributed by atoms with E-state index in [1.54, 1.807) is 0 Å². The summed E-state index contributed by atoms with van der Waals surface area (Å²) in [5.41, 5.74) is 8.56. The number of likely N-dealkylation sites (N-methyl/N-ethyl adjacent to an activating group) is 1. The van der Waals surface area contributed by atoms with Gasteiger partial charge in [0.05, 0.1) is 5.54 Å². The first kappa shape index (κ1) is 16.5. The van der Waals surface area contributed by atoms with Crippen molar-refractivity contribution in [3.8, 4) is 0 Å². The molecule has 1 unspecified atom stereocenters. The Morgan fingerprint density at radius 2 is 2.05 bits per heavy atom. The molecule has 0 aliphatic rings. The molecule has 3 N–H and O–H groups in total. The van der Waals surface area contributed by atoms with E-state index in [-0.39, 0.29) is 5.91 Å². The van der Waals surface area contributed by atoms with Gasteiger partial charge in [0.25, 0.3) is 0 Å². The maximum absolute atomic E-state index is 11.6. The van der Waals surface area contributed by atoms with Gasteiger partial charge in [0.2, 0.25) is 5.91 Å². The first-order valence-electron chi connectivity index (χ1n) is 7.13. The summed E-state index contributed by atoms with van der Waals surface area (Å²) < 4.78 is 0. The second kappa shape index (κ2) is 6.75. The molecule has 0 radical (unpaired) electrons. The molecule has 1 aromatic carbocycles. The molecule has 20 heavy (non-hydrogen) atoms. The summed E-state index contributed by atoms with van der Waals surface area (Å²) in [5, 5.41) is 3.19. The SMILES string of the molecule is CCNC(C)(CCN(C)c1ccc(C)cc1C)C(N)=O. The Kier molecular flexibility index (Phi) is 5.57. The number of hydrogen-bond acceptors (Lipinski definition) is 3. The van der Waals surface area contributed by atoms with Crippen molar-refractivity contribution in [2.45, 2.75) is 39.7 Å². The predicted octanol–water partition coefficient (Wildman–Crippen LogP) is 1.98. The highest BCUT2D eigenvalue weighted by Gasteiger charge is 2.29. The van der Waals surface area contributed by atoms with Crippen LogP contribution in [0.2, 0.25) is 0 Å². The summed E-state index contributed by atoms with van der Waals surface area (Å²) in [6, 6.07) is 6.40. The van der Waals surface area contributed by atoms with Crippen LogP contribution in [0.3, 0.4) is 0 Å². The van der Waals surface area contributed by atoms with Crippen LogP contribution in [0.4, 0.5) is 5.69 Å². The van der Waals surface area contributed by atoms with E-state index in [2.05, 4.69) is 42.3 Å². The summed E-state index contributed by atoms with van der Waals surface area (Å²) in [4.78, 5) is 13.8. The fourth-order valence-electron chi connectivity index (χ4n) is 2.43. The number of nitrogens with two attached hydrogens (primary N) is 1. The number of benzene rings is 1. The highest BCUT2D eigenvalue weighted by atomic mass is 16.1. The van der Waals surface area contributed by atoms with Crippen molar-refractivity contribution in [3.05, 3.63) is 29.3 Å². The zero-order chi connectivity index (χ0) is 15.3. The van der Waals surface area contributed by atoms with Crippen LogP contribution in [0.25, 0.3) is 0 Å². The number of primary amides is 1. The van der Waals surface area contributed by atoms with Gasteiger partial charge in [-0.25, -0.2) is 0 Å². The van der Waals surface area contributed by atoms with Crippen molar-refractivity contribution in [3.63, 3.8) is 0 Å². The molecule has 4 nitrogen and oxygen atoms in total. The number of nitrogens with zero attached hydrogens (tertiary/aromatic N) is 1. The van der Waals surface area contributed by atoms with E-state index in [0.717, 1.165) is 13.1 Å². The van der Waals surface area contributed by atoms with Crippen LogP contribution in [0.15, 0.2) is 18.2 Å². The smallest absolute Gasteiger partial charge is 0.237 e. The molecule has 0 aliphatic heterocycles. The zero-order valence-electron chi connectivity index (χ0n) is 13.3. The molecule has 4 heteroatoms. The van der Waals surface area contributed by atoms with Crippen LogP contribution >= 0.6 is 0 Å². The zero-order valence-corrected chi connectivity index (χ0v) is 13.3. The van der Waals surface area contributed by atoms with Crippen LogP contribution in [-0.2, 0) is 4.79 Å². The summed E-state index contributed by atoms with van der Waals surface area (Å²) in [6.07, 6.45) is 0.681. The van der Waals surface area contributed by atoms with E-state index in [1.807, 2.05) is 20.9 Å². The van der Waals surface area contributed by atoms with Gasteiger partial charge in [-0.1, -0.05) is 24.6 Å². The number of carbonyl (C=O) groups is 1. The number of anilines is 1. The molecule has 0 aliphatic carbocycles. The molecule has 1 atom stereocenters. The van der Waals surface area contributed by atoms with E-state index in [0.29, 0.717) is 6.42 Å². The Morgan fingerprint density at radius 3 is 2.55 bits per heavy atom. The van der Waals surface area contributed by atoms with E-state index in [9.17, 15) is 4.79 Å². The Balaban J connectivity index is 2.75. The minimum absolute atomic E-state index is 0.298. The van der Waals surface area contributed by atoms with Gasteiger partial charge in [-0.15, -0.1) is 0 Å². The maximum atomic E-state index is 11.6. The first-order chi connectivity index (χ1) is 9.30. The third kappa shape index (κ3) is 3.97. The van der Waals surface area contributed by atoms with Crippen molar-refractivity contribution in [1.82, 2.24) is 5.32 Å². The lowest BCUT2D eigenvalue weighted by atomic mass is 9.96. The van der Waals surface area contributed by atoms with Gasteiger partial charge in [-0.2, -0.15) is 0 Å². The van der Waals surface area contributed by atoms with E-state index in [4.69, 9.17) is 5.73 Å². The fraction of sp³-hybridized carbons (Fsp3) is 0.562. The minimum Gasteiger partial charge on any atom is -0.374 e. The van der Waals surface area contributed by atoms with Gasteiger partial charge in [0, 0.05) is 19.3 Å². The highest BCUT2D eigenvalue weighted by Crippen LogP contribution is 2.21. The molecule has 0 spiro atoms. The number of nitrogens with one attached hydrogen (secondary N) is 1. The van der Waals surface area contributed by atoms with Gasteiger partial charge in [-0.3, -0.25) is 4.79 Å². The highest BCUT2D eigenvalue weighted by molar-refractivity contribution is 5.84. The topological polar surface area (TPSA) is 58.4 Å². The quantitative estimate of drug-likeness (QED) is 0.801. The van der Waals surface area contributed by atoms with Gasteiger partial charge < -0.3 is 16.0 Å². The standard InChI is InChI=1S/C16H27N3O/c1-6-18-16(4,15(17)20)9-10-19(5)14-8-7-12(2)11-13(14)3/h7-8,11,18H,6,9-10H2,1-5H3,(H2,17,20). The maximum Gasteiger partial charge on any atom is 0.237 e. The number of hydrogen-bond donors (Lipinski definition) is 2. The summed E-state index contributed by atoms with van der Waals surface area (Å²) >= 11 is 0. The van der Waals surface area contributed by atoms with Gasteiger partial charge in [-0.05, 0) is 45.4 Å². The van der Waals surface area contributed by atoms with Gasteiger partial charge in [0.1, 0.15) is 0 Å². The molecule has 0 bridgehead atoms. The molecule has 0 heterocycles. The number of rotatable bonds is 7. The molecule has 0 saturated carbocycles. The average molecular weight is 277 g/mol. The number of amides is 1. The van der Waals surface area contributed by atoms with Crippen molar-refractivity contribution in [2.24, 2.45) is 5.73 Å². The average Bonchev–Trinajstić information content (AvgIpc) is 2.36. The van der Waals surface area contributed by atoms with Crippen molar-refractivity contribution in [2.75, 3.05) is 25.0 Å². The lowest BCUT2D eigenvalue weighted by Gasteiger charge is -2.30. The third-order valence-corrected chi connectivity index (χ3v) is 3.82. The largest absolute Gasteiger partial charge is 0.374 e. The van der Waals surface area contributed by atoms with Crippen LogP contribution in [-0.4, -0.2) is 31.6 Å². The lowest BCUT2D eigenvalue weighted by molar-refractivity contribution is -0.123. The monoisotopic (exact) mass is 277 g/mol. The van der Waals surface area contributed by atoms with Crippen LogP contribution in [0.5, 0.6) is 0 Å². The normalized spacial score (nSPS) is 13.8. The van der Waals surface area contributed by atoms with Crippen LogP contribution < -0.4 is 16.0 Å². The molecular formula is C16H27N3O. The van der Waals surface area contributed by atoms with Crippen LogP contribution in [0, 0.1) is 13.8 Å². The Hall–Kier alpha value is -1.55. The van der Waals surface area contributed by atoms with E-state index < -0.39 is 5.54 Å². The molecule has 0 saturated heterocycles. The van der Waals surface area contributed by atoms with Gasteiger partial charge in [0.15, 0.2) is 0 Å². The van der Waals surface area contributed by atoms with E-state index >= 15 is 0 Å². The second-order valence-corrected chi connectivity index (χ2v) is 5.69. The Morgan fingerprint density at radius 1 is 1.40 bits per heavy atom. The molecule has 0 fully saturated rings. The van der Waals surface area contributed by atoms with E-state index in [1.165, 1.54) is 16.8 Å². The third-order valence-electron chi connectivity index (χ3n) is 3.82. The molecule has 1 aromatic rings. The Bertz CT molecular complexity index is 473. The van der Waals surface area contributed by atoms with Crippen molar-refractivity contribution >= 4 is 11.6 Å². The second-order valence-electron chi connectivity index (χ2n) is 5.69. The minimum atomic E-state index is -0.651. The summed E-state index contributed by atoms with van der Waals surface area (Å²) in [6.45, 7) is 9.55. The first-order valence-corrected chi connectivity index (χ1v) is 7.13. The van der Waals surface area contributed by atoms with Gasteiger partial charge >= 0.3 is 0 Å². The van der Waals surface area contributed by atoms with Crippen molar-refractivity contribution in [1.29, 1.82) is 0 Å². The summed E-state index contributed by atoms with van der Waals surface area (Å²) in [5.74, 6) is -0.298. The number of aryl methyl sites for hydroxylation is 2. The number of carbonyl (C=O) groups excluding carboxylic acids is 1.